The molecule has 116 valence electrons. The third-order valence-electron chi connectivity index (χ3n) is 3.14. The lowest BCUT2D eigenvalue weighted by atomic mass is 10.2. The second kappa shape index (κ2) is 6.35. The second-order valence-electron chi connectivity index (χ2n) is 4.63. The van der Waals surface area contributed by atoms with Crippen molar-refractivity contribution in [2.24, 2.45) is 0 Å². The summed E-state index contributed by atoms with van der Waals surface area (Å²) < 4.78 is 13.8. The number of nitrogens with zero attached hydrogens (tertiary/aromatic N) is 1. The van der Waals surface area contributed by atoms with Crippen LogP contribution in [0.4, 0.5) is 14.9 Å². The molecule has 0 aromatic heterocycles. The van der Waals surface area contributed by atoms with Gasteiger partial charge < -0.3 is 0 Å². The van der Waals surface area contributed by atoms with Gasteiger partial charge in [-0.05, 0) is 48.2 Å². The lowest BCUT2D eigenvalue weighted by Gasteiger charge is -2.12. The smallest absolute Gasteiger partial charge is 0.268 e. The fraction of sp³-hybridized carbons (Fsp3) is 0. The fourth-order valence-electron chi connectivity index (χ4n) is 2.09. The van der Waals surface area contributed by atoms with Crippen LogP contribution in [0.1, 0.15) is 5.56 Å². The number of carbonyl (C=O) groups excluding carboxylic acids is 2. The number of benzene rings is 2. The van der Waals surface area contributed by atoms with Crippen LogP contribution in [0, 0.1) is 5.82 Å². The van der Waals surface area contributed by atoms with E-state index in [1.54, 1.807) is 18.2 Å². The lowest BCUT2D eigenvalue weighted by molar-refractivity contribution is -0.113. The van der Waals surface area contributed by atoms with Gasteiger partial charge in [0.2, 0.25) is 0 Å². The molecular formula is C16H8Cl2FNO2S. The van der Waals surface area contributed by atoms with E-state index >= 15 is 0 Å². The molecule has 3 rings (SSSR count). The van der Waals surface area contributed by atoms with Crippen LogP contribution >= 0.6 is 35.0 Å². The zero-order valence-corrected chi connectivity index (χ0v) is 13.8. The van der Waals surface area contributed by atoms with Gasteiger partial charge in [0.15, 0.2) is 0 Å². The molecule has 0 bridgehead atoms. The SMILES string of the molecule is O=C1S/C(=C\c2c(F)cccc2Cl)C(=O)N1c1cccc(Cl)c1. The molecule has 2 amide bonds. The Balaban J connectivity index is 2.00. The highest BCUT2D eigenvalue weighted by atomic mass is 35.5. The Morgan fingerprint density at radius 3 is 2.52 bits per heavy atom. The number of hydrogen-bond acceptors (Lipinski definition) is 3. The maximum Gasteiger partial charge on any atom is 0.298 e. The van der Waals surface area contributed by atoms with Crippen LogP contribution in [0.2, 0.25) is 10.0 Å². The van der Waals surface area contributed by atoms with Gasteiger partial charge in [-0.1, -0.05) is 35.3 Å². The predicted molar refractivity (Wildman–Crippen MR) is 91.3 cm³/mol. The molecular weight excluding hydrogens is 360 g/mol. The molecule has 0 unspecified atom stereocenters. The van der Waals surface area contributed by atoms with Crippen LogP contribution in [0.15, 0.2) is 47.4 Å². The number of carbonyl (C=O) groups is 2. The molecule has 7 heteroatoms. The normalized spacial score (nSPS) is 16.5. The van der Waals surface area contributed by atoms with Crippen LogP contribution in [0.3, 0.4) is 0 Å². The number of thioether (sulfide) groups is 1. The van der Waals surface area contributed by atoms with Crippen molar-refractivity contribution in [3.05, 3.63) is 68.8 Å². The Hall–Kier alpha value is -1.82. The van der Waals surface area contributed by atoms with E-state index < -0.39 is 17.0 Å². The van der Waals surface area contributed by atoms with Crippen molar-refractivity contribution in [2.45, 2.75) is 0 Å². The maximum absolute atomic E-state index is 13.8. The van der Waals surface area contributed by atoms with Crippen molar-refractivity contribution in [3.63, 3.8) is 0 Å². The van der Waals surface area contributed by atoms with Gasteiger partial charge in [-0.15, -0.1) is 0 Å². The standard InChI is InChI=1S/C16H8Cl2FNO2S/c17-9-3-1-4-10(7-9)20-15(21)14(23-16(20)22)8-11-12(18)5-2-6-13(11)19/h1-8H/b14-8-. The highest BCUT2D eigenvalue weighted by molar-refractivity contribution is 8.19. The molecule has 0 N–H and O–H groups in total. The molecule has 0 atom stereocenters. The summed E-state index contributed by atoms with van der Waals surface area (Å²) in [6.07, 6.45) is 1.28. The van der Waals surface area contributed by atoms with E-state index in [1.807, 2.05) is 0 Å². The molecule has 0 saturated carbocycles. The summed E-state index contributed by atoms with van der Waals surface area (Å²) in [6, 6.07) is 10.6. The van der Waals surface area contributed by atoms with E-state index in [0.717, 1.165) is 16.7 Å². The van der Waals surface area contributed by atoms with Crippen molar-refractivity contribution in [2.75, 3.05) is 4.90 Å². The second-order valence-corrected chi connectivity index (χ2v) is 6.47. The summed E-state index contributed by atoms with van der Waals surface area (Å²) in [5.74, 6) is -1.10. The zero-order chi connectivity index (χ0) is 16.6. The minimum Gasteiger partial charge on any atom is -0.268 e. The summed E-state index contributed by atoms with van der Waals surface area (Å²) in [5, 5.41) is 0.0956. The number of rotatable bonds is 2. The number of hydrogen-bond donors (Lipinski definition) is 0. The average Bonchev–Trinajstić information content (AvgIpc) is 2.77. The minimum absolute atomic E-state index is 0.0748. The Kier molecular flexibility index (Phi) is 4.43. The average molecular weight is 368 g/mol. The quantitative estimate of drug-likeness (QED) is 0.669. The van der Waals surface area contributed by atoms with Crippen LogP contribution in [0.25, 0.3) is 6.08 Å². The molecule has 0 radical (unpaired) electrons. The van der Waals surface area contributed by atoms with E-state index in [-0.39, 0.29) is 15.5 Å². The largest absolute Gasteiger partial charge is 0.298 e. The molecule has 2 aromatic carbocycles. The van der Waals surface area contributed by atoms with Crippen LogP contribution < -0.4 is 4.90 Å². The molecule has 1 heterocycles. The Bertz CT molecular complexity index is 833. The Labute approximate surface area is 145 Å². The minimum atomic E-state index is -0.563. The molecule has 0 spiro atoms. The van der Waals surface area contributed by atoms with E-state index in [9.17, 15) is 14.0 Å². The van der Waals surface area contributed by atoms with Crippen LogP contribution in [0.5, 0.6) is 0 Å². The van der Waals surface area contributed by atoms with E-state index in [4.69, 9.17) is 23.2 Å². The predicted octanol–water partition coefficient (Wildman–Crippen LogP) is 5.37. The van der Waals surface area contributed by atoms with Gasteiger partial charge >= 0.3 is 0 Å². The van der Waals surface area contributed by atoms with Crippen molar-refractivity contribution in [1.82, 2.24) is 0 Å². The number of anilines is 1. The van der Waals surface area contributed by atoms with Gasteiger partial charge in [0, 0.05) is 10.6 Å². The topological polar surface area (TPSA) is 37.4 Å². The molecule has 1 fully saturated rings. The molecule has 1 aliphatic rings. The molecule has 2 aromatic rings. The first-order valence-corrected chi connectivity index (χ1v) is 8.02. The van der Waals surface area contributed by atoms with Crippen LogP contribution in [-0.4, -0.2) is 11.1 Å². The third kappa shape index (κ3) is 3.13. The van der Waals surface area contributed by atoms with Gasteiger partial charge in [0.05, 0.1) is 15.6 Å². The van der Waals surface area contributed by atoms with Crippen molar-refractivity contribution in [1.29, 1.82) is 0 Å². The van der Waals surface area contributed by atoms with E-state index in [1.165, 1.54) is 30.3 Å². The first kappa shape index (κ1) is 16.1. The molecule has 23 heavy (non-hydrogen) atoms. The molecule has 3 nitrogen and oxygen atoms in total. The number of amides is 2. The number of halogens is 3. The first-order chi connectivity index (χ1) is 11.0. The van der Waals surface area contributed by atoms with Crippen LogP contribution in [-0.2, 0) is 4.79 Å². The fourth-order valence-corrected chi connectivity index (χ4v) is 3.31. The summed E-state index contributed by atoms with van der Waals surface area (Å²) in [5.41, 5.74) is 0.439. The maximum atomic E-state index is 13.8. The lowest BCUT2D eigenvalue weighted by Crippen LogP contribution is -2.27. The zero-order valence-electron chi connectivity index (χ0n) is 11.4. The van der Waals surface area contributed by atoms with Gasteiger partial charge in [-0.25, -0.2) is 9.29 Å². The van der Waals surface area contributed by atoms with Gasteiger partial charge in [0.25, 0.3) is 11.1 Å². The summed E-state index contributed by atoms with van der Waals surface area (Å²) in [4.78, 5) is 25.7. The molecule has 0 aliphatic carbocycles. The Morgan fingerprint density at radius 1 is 1.09 bits per heavy atom. The van der Waals surface area contributed by atoms with E-state index in [2.05, 4.69) is 0 Å². The third-order valence-corrected chi connectivity index (χ3v) is 4.57. The van der Waals surface area contributed by atoms with Crippen molar-refractivity contribution >= 4 is 57.9 Å². The van der Waals surface area contributed by atoms with Gasteiger partial charge in [0.1, 0.15) is 5.82 Å². The highest BCUT2D eigenvalue weighted by Gasteiger charge is 2.36. The van der Waals surface area contributed by atoms with Gasteiger partial charge in [-0.3, -0.25) is 9.59 Å². The molecule has 1 saturated heterocycles. The number of imide groups is 1. The summed E-state index contributed by atoms with van der Waals surface area (Å²) in [7, 11) is 0. The highest BCUT2D eigenvalue weighted by Crippen LogP contribution is 2.37. The first-order valence-electron chi connectivity index (χ1n) is 6.45. The van der Waals surface area contributed by atoms with Crippen molar-refractivity contribution < 1.29 is 14.0 Å². The van der Waals surface area contributed by atoms with Gasteiger partial charge in [-0.2, -0.15) is 0 Å². The van der Waals surface area contributed by atoms with E-state index in [0.29, 0.717) is 10.7 Å². The van der Waals surface area contributed by atoms with Crippen molar-refractivity contribution in [3.8, 4) is 0 Å². The Morgan fingerprint density at radius 2 is 1.83 bits per heavy atom. The monoisotopic (exact) mass is 367 g/mol. The summed E-state index contributed by atoms with van der Waals surface area (Å²) in [6.45, 7) is 0. The summed E-state index contributed by atoms with van der Waals surface area (Å²) >= 11 is 12.6. The molecule has 1 aliphatic heterocycles.